The van der Waals surface area contributed by atoms with Crippen molar-refractivity contribution in [2.75, 3.05) is 30.3 Å². The fourth-order valence-corrected chi connectivity index (χ4v) is 5.32. The van der Waals surface area contributed by atoms with Crippen molar-refractivity contribution in [3.63, 3.8) is 0 Å². The topological polar surface area (TPSA) is 59.6 Å². The standard InChI is InChI=1S/C28H36N2O3S2/c1-4-5-6-7-17-29-23-14-15-24(30-35-26-16-19-34-27(26)28(31)32-3)25(20-23)33-18-8-9-22-12-10-21(2)11-13-22/h10-16,19-20,29-30H,4-9,17-18H2,1-3H3. The molecule has 5 nitrogen and oxygen atoms in total. The maximum atomic E-state index is 12.0. The molecule has 1 aromatic heterocycles. The largest absolute Gasteiger partial charge is 0.491 e. The maximum Gasteiger partial charge on any atom is 0.349 e. The number of rotatable bonds is 15. The summed E-state index contributed by atoms with van der Waals surface area (Å²) < 4.78 is 14.5. The molecular formula is C28H36N2O3S2. The Hall–Kier alpha value is -2.64. The summed E-state index contributed by atoms with van der Waals surface area (Å²) in [6.07, 6.45) is 6.82. The molecule has 0 saturated carbocycles. The van der Waals surface area contributed by atoms with Crippen LogP contribution in [0.1, 0.15) is 59.8 Å². The second-order valence-electron chi connectivity index (χ2n) is 8.45. The number of aryl methyl sites for hydroxylation is 2. The van der Waals surface area contributed by atoms with E-state index in [0.29, 0.717) is 11.5 Å². The quantitative estimate of drug-likeness (QED) is 0.122. The molecule has 2 aromatic carbocycles. The first-order chi connectivity index (χ1) is 17.1. The van der Waals surface area contributed by atoms with E-state index in [-0.39, 0.29) is 5.97 Å². The molecule has 188 valence electrons. The molecule has 0 radical (unpaired) electrons. The van der Waals surface area contributed by atoms with Gasteiger partial charge in [0.1, 0.15) is 10.6 Å². The second-order valence-corrected chi connectivity index (χ2v) is 10.2. The maximum absolute atomic E-state index is 12.0. The lowest BCUT2D eigenvalue weighted by atomic mass is 10.1. The summed E-state index contributed by atoms with van der Waals surface area (Å²) in [5.41, 5.74) is 4.53. The average molecular weight is 513 g/mol. The van der Waals surface area contributed by atoms with Crippen LogP contribution in [0.2, 0.25) is 0 Å². The highest BCUT2D eigenvalue weighted by atomic mass is 32.2. The average Bonchev–Trinajstić information content (AvgIpc) is 3.35. The van der Waals surface area contributed by atoms with Crippen molar-refractivity contribution in [2.24, 2.45) is 0 Å². The molecule has 0 bridgehead atoms. The molecule has 0 aliphatic heterocycles. The molecule has 7 heteroatoms. The highest BCUT2D eigenvalue weighted by Gasteiger charge is 2.15. The summed E-state index contributed by atoms with van der Waals surface area (Å²) in [6, 6.07) is 16.7. The molecule has 0 aliphatic carbocycles. The van der Waals surface area contributed by atoms with E-state index in [0.717, 1.165) is 47.8 Å². The van der Waals surface area contributed by atoms with E-state index in [9.17, 15) is 4.79 Å². The summed E-state index contributed by atoms with van der Waals surface area (Å²) in [5.74, 6) is 0.481. The Morgan fingerprint density at radius 2 is 1.86 bits per heavy atom. The number of nitrogens with one attached hydrogen (secondary N) is 2. The highest BCUT2D eigenvalue weighted by molar-refractivity contribution is 8.00. The van der Waals surface area contributed by atoms with Crippen LogP contribution in [0, 0.1) is 6.92 Å². The Balaban J connectivity index is 1.62. The third-order valence-corrected chi connectivity index (χ3v) is 7.51. The lowest BCUT2D eigenvalue weighted by molar-refractivity contribution is 0.0603. The monoisotopic (exact) mass is 512 g/mol. The van der Waals surface area contributed by atoms with Crippen LogP contribution >= 0.6 is 23.3 Å². The normalized spacial score (nSPS) is 10.7. The molecule has 35 heavy (non-hydrogen) atoms. The van der Waals surface area contributed by atoms with Crippen LogP contribution in [0.3, 0.4) is 0 Å². The molecule has 0 saturated heterocycles. The molecular weight excluding hydrogens is 476 g/mol. The highest BCUT2D eigenvalue weighted by Crippen LogP contribution is 2.35. The molecule has 1 heterocycles. The van der Waals surface area contributed by atoms with E-state index < -0.39 is 0 Å². The van der Waals surface area contributed by atoms with E-state index in [1.54, 1.807) is 0 Å². The van der Waals surface area contributed by atoms with Gasteiger partial charge >= 0.3 is 5.97 Å². The van der Waals surface area contributed by atoms with Crippen LogP contribution in [-0.2, 0) is 11.2 Å². The lowest BCUT2D eigenvalue weighted by Crippen LogP contribution is -2.05. The molecule has 3 aromatic rings. The third kappa shape index (κ3) is 8.82. The van der Waals surface area contributed by atoms with Crippen molar-refractivity contribution in [3.8, 4) is 5.75 Å². The smallest absolute Gasteiger partial charge is 0.349 e. The number of carbonyl (C=O) groups is 1. The van der Waals surface area contributed by atoms with Crippen molar-refractivity contribution < 1.29 is 14.3 Å². The van der Waals surface area contributed by atoms with Gasteiger partial charge in [-0.05, 0) is 67.3 Å². The molecule has 0 spiro atoms. The van der Waals surface area contributed by atoms with E-state index in [2.05, 4.69) is 60.3 Å². The van der Waals surface area contributed by atoms with Crippen LogP contribution in [0.5, 0.6) is 5.75 Å². The zero-order valence-electron chi connectivity index (χ0n) is 20.9. The van der Waals surface area contributed by atoms with Crippen LogP contribution in [-0.4, -0.2) is 26.2 Å². The number of carbonyl (C=O) groups excluding carboxylic acids is 1. The number of esters is 1. The van der Waals surface area contributed by atoms with Crippen molar-refractivity contribution in [1.29, 1.82) is 0 Å². The van der Waals surface area contributed by atoms with Gasteiger partial charge < -0.3 is 19.5 Å². The Kier molecular flexibility index (Phi) is 11.3. The predicted octanol–water partition coefficient (Wildman–Crippen LogP) is 7.97. The number of ether oxygens (including phenoxy) is 2. The van der Waals surface area contributed by atoms with Crippen molar-refractivity contribution >= 4 is 40.6 Å². The van der Waals surface area contributed by atoms with Gasteiger partial charge in [-0.2, -0.15) is 0 Å². The van der Waals surface area contributed by atoms with Gasteiger partial charge in [-0.25, -0.2) is 4.79 Å². The van der Waals surface area contributed by atoms with Crippen LogP contribution in [0.4, 0.5) is 11.4 Å². The number of hydrogen-bond acceptors (Lipinski definition) is 7. The van der Waals surface area contributed by atoms with E-state index in [1.807, 2.05) is 17.5 Å². The van der Waals surface area contributed by atoms with Gasteiger partial charge in [0.15, 0.2) is 0 Å². The van der Waals surface area contributed by atoms with Gasteiger partial charge in [-0.3, -0.25) is 0 Å². The molecule has 0 aliphatic rings. The molecule has 0 unspecified atom stereocenters. The van der Waals surface area contributed by atoms with Gasteiger partial charge in [0.2, 0.25) is 0 Å². The van der Waals surface area contributed by atoms with E-state index >= 15 is 0 Å². The molecule has 0 fully saturated rings. The van der Waals surface area contributed by atoms with Crippen LogP contribution in [0.15, 0.2) is 58.8 Å². The first-order valence-electron chi connectivity index (χ1n) is 12.3. The Bertz CT molecular complexity index is 1050. The zero-order chi connectivity index (χ0) is 24.9. The van der Waals surface area contributed by atoms with Crippen molar-refractivity contribution in [2.45, 2.75) is 57.3 Å². The third-order valence-electron chi connectivity index (χ3n) is 5.60. The van der Waals surface area contributed by atoms with Crippen LogP contribution in [0.25, 0.3) is 0 Å². The van der Waals surface area contributed by atoms with Gasteiger partial charge in [0.05, 0.1) is 24.3 Å². The summed E-state index contributed by atoms with van der Waals surface area (Å²) in [4.78, 5) is 13.4. The summed E-state index contributed by atoms with van der Waals surface area (Å²) >= 11 is 2.77. The molecule has 0 amide bonds. The minimum absolute atomic E-state index is 0.320. The van der Waals surface area contributed by atoms with E-state index in [1.165, 1.54) is 60.8 Å². The predicted molar refractivity (Wildman–Crippen MR) is 149 cm³/mol. The minimum atomic E-state index is -0.320. The molecule has 3 rings (SSSR count). The SMILES string of the molecule is CCCCCCNc1ccc(NSc2ccsc2C(=O)OC)c(OCCCc2ccc(C)cc2)c1. The van der Waals surface area contributed by atoms with E-state index in [4.69, 9.17) is 9.47 Å². The second kappa shape index (κ2) is 14.7. The molecule has 0 atom stereocenters. The Labute approximate surface area is 217 Å². The van der Waals surface area contributed by atoms with Gasteiger partial charge in [0.25, 0.3) is 0 Å². The first-order valence-corrected chi connectivity index (χ1v) is 13.9. The number of hydrogen-bond donors (Lipinski definition) is 2. The fraction of sp³-hybridized carbons (Fsp3) is 0.393. The van der Waals surface area contributed by atoms with Gasteiger partial charge in [-0.15, -0.1) is 11.3 Å². The number of methoxy groups -OCH3 is 1. The number of unbranched alkanes of at least 4 members (excludes halogenated alkanes) is 3. The number of anilines is 2. The Morgan fingerprint density at radius 1 is 1.03 bits per heavy atom. The van der Waals surface area contributed by atoms with Crippen molar-refractivity contribution in [1.82, 2.24) is 0 Å². The van der Waals surface area contributed by atoms with Crippen molar-refractivity contribution in [3.05, 3.63) is 69.9 Å². The summed E-state index contributed by atoms with van der Waals surface area (Å²) in [5, 5.41) is 5.41. The summed E-state index contributed by atoms with van der Waals surface area (Å²) in [7, 11) is 1.40. The zero-order valence-corrected chi connectivity index (χ0v) is 22.5. The molecule has 2 N–H and O–H groups in total. The number of benzene rings is 2. The lowest BCUT2D eigenvalue weighted by Gasteiger charge is -2.15. The first kappa shape index (κ1) is 27.0. The summed E-state index contributed by atoms with van der Waals surface area (Å²) in [6.45, 7) is 5.91. The van der Waals surface area contributed by atoms with Crippen LogP contribution < -0.4 is 14.8 Å². The Morgan fingerprint density at radius 3 is 2.63 bits per heavy atom. The minimum Gasteiger partial charge on any atom is -0.491 e. The number of thiophene rings is 1. The fourth-order valence-electron chi connectivity index (χ4n) is 3.56. The van der Waals surface area contributed by atoms with Gasteiger partial charge in [0, 0.05) is 18.3 Å². The van der Waals surface area contributed by atoms with Gasteiger partial charge in [-0.1, -0.05) is 56.0 Å².